The smallest absolute Gasteiger partial charge is 0.220 e. The number of morpholine rings is 1. The fraction of sp³-hybridized carbons (Fsp3) is 0.550. The Morgan fingerprint density at radius 3 is 2.72 bits per heavy atom. The van der Waals surface area contributed by atoms with E-state index in [2.05, 4.69) is 17.5 Å². The third kappa shape index (κ3) is 4.82. The van der Waals surface area contributed by atoms with E-state index in [0.29, 0.717) is 37.7 Å². The van der Waals surface area contributed by atoms with Gasteiger partial charge in [-0.2, -0.15) is 0 Å². The minimum atomic E-state index is -0.244. The number of amides is 1. The first-order valence-corrected chi connectivity index (χ1v) is 9.13. The Bertz CT molecular complexity index is 637. The van der Waals surface area contributed by atoms with Gasteiger partial charge in [0.05, 0.1) is 17.9 Å². The van der Waals surface area contributed by atoms with Gasteiger partial charge in [0.2, 0.25) is 5.91 Å². The summed E-state index contributed by atoms with van der Waals surface area (Å²) < 4.78 is 20.2. The van der Waals surface area contributed by atoms with Crippen molar-refractivity contribution in [3.8, 4) is 0 Å². The van der Waals surface area contributed by atoms with Crippen LogP contribution in [0.25, 0.3) is 0 Å². The van der Waals surface area contributed by atoms with Gasteiger partial charge in [0.25, 0.3) is 0 Å². The molecule has 0 radical (unpaired) electrons. The fourth-order valence-corrected chi connectivity index (χ4v) is 3.67. The van der Waals surface area contributed by atoms with Crippen molar-refractivity contribution in [3.63, 3.8) is 0 Å². The van der Waals surface area contributed by atoms with Crippen molar-refractivity contribution in [2.24, 2.45) is 5.92 Å². The third-order valence-electron chi connectivity index (χ3n) is 4.82. The second kappa shape index (κ2) is 8.00. The van der Waals surface area contributed by atoms with E-state index in [0.717, 1.165) is 18.4 Å². The minimum Gasteiger partial charge on any atom is -0.372 e. The third-order valence-corrected chi connectivity index (χ3v) is 4.82. The lowest BCUT2D eigenvalue weighted by molar-refractivity contribution is -0.121. The molecule has 3 atom stereocenters. The Hall–Kier alpha value is -1.88. The maximum absolute atomic E-state index is 14.5. The zero-order chi connectivity index (χ0) is 17.8. The summed E-state index contributed by atoms with van der Waals surface area (Å²) in [5, 5.41) is 2.89. The van der Waals surface area contributed by atoms with E-state index in [1.165, 1.54) is 6.07 Å². The molecule has 0 bridgehead atoms. The molecule has 0 unspecified atom stereocenters. The maximum Gasteiger partial charge on any atom is 0.220 e. The van der Waals surface area contributed by atoms with Crippen LogP contribution < -0.4 is 10.2 Å². The predicted octanol–water partition coefficient (Wildman–Crippen LogP) is 3.41. The van der Waals surface area contributed by atoms with Gasteiger partial charge < -0.3 is 15.0 Å². The summed E-state index contributed by atoms with van der Waals surface area (Å²) in [6.07, 6.45) is 7.04. The van der Waals surface area contributed by atoms with Crippen LogP contribution in [0, 0.1) is 11.7 Å². The minimum absolute atomic E-state index is 0.0249. The van der Waals surface area contributed by atoms with Crippen LogP contribution in [0.1, 0.15) is 38.7 Å². The van der Waals surface area contributed by atoms with E-state index < -0.39 is 0 Å². The van der Waals surface area contributed by atoms with Crippen molar-refractivity contribution < 1.29 is 13.9 Å². The molecule has 1 N–H and O–H groups in total. The van der Waals surface area contributed by atoms with Gasteiger partial charge in [-0.05, 0) is 50.3 Å². The quantitative estimate of drug-likeness (QED) is 0.831. The first kappa shape index (κ1) is 17.9. The molecule has 1 aromatic rings. The van der Waals surface area contributed by atoms with Crippen molar-refractivity contribution in [1.82, 2.24) is 5.32 Å². The molecule has 1 aliphatic heterocycles. The second-order valence-electron chi connectivity index (χ2n) is 7.19. The topological polar surface area (TPSA) is 41.6 Å². The summed E-state index contributed by atoms with van der Waals surface area (Å²) in [6.45, 7) is 5.74. The molecule has 25 heavy (non-hydrogen) atoms. The van der Waals surface area contributed by atoms with Crippen LogP contribution in [-0.2, 0) is 16.1 Å². The Balaban J connectivity index is 1.56. The van der Waals surface area contributed by atoms with Gasteiger partial charge in [0, 0.05) is 26.1 Å². The molecular weight excluding hydrogens is 319 g/mol. The largest absolute Gasteiger partial charge is 0.372 e. The Morgan fingerprint density at radius 2 is 2.08 bits per heavy atom. The molecule has 1 amide bonds. The normalized spacial score (nSPS) is 26.0. The number of hydrogen-bond donors (Lipinski definition) is 1. The lowest BCUT2D eigenvalue weighted by atomic mass is 10.0. The molecule has 0 saturated carbocycles. The number of hydrogen-bond acceptors (Lipinski definition) is 3. The number of ether oxygens (including phenoxy) is 1. The van der Waals surface area contributed by atoms with Crippen molar-refractivity contribution in [2.75, 3.05) is 18.0 Å². The number of benzene rings is 1. The van der Waals surface area contributed by atoms with E-state index in [1.807, 2.05) is 24.8 Å². The summed E-state index contributed by atoms with van der Waals surface area (Å²) in [4.78, 5) is 14.0. The molecule has 0 aromatic heterocycles. The zero-order valence-corrected chi connectivity index (χ0v) is 15.0. The molecule has 5 heteroatoms. The number of rotatable bonds is 5. The van der Waals surface area contributed by atoms with Crippen molar-refractivity contribution in [3.05, 3.63) is 41.7 Å². The molecule has 1 heterocycles. The summed E-state index contributed by atoms with van der Waals surface area (Å²) in [5.74, 6) is 0.132. The van der Waals surface area contributed by atoms with E-state index >= 15 is 0 Å². The van der Waals surface area contributed by atoms with Gasteiger partial charge in [-0.15, -0.1) is 0 Å². The molecule has 2 aliphatic rings. The SMILES string of the molecule is C[C@@H]1CN(c2ccc(CNC(=O)C[C@H]3C=CCC3)cc2F)C[C@H](C)O1. The second-order valence-corrected chi connectivity index (χ2v) is 7.19. The van der Waals surface area contributed by atoms with Crippen LogP contribution in [0.5, 0.6) is 0 Å². The molecule has 1 fully saturated rings. The van der Waals surface area contributed by atoms with Gasteiger partial charge in [0.1, 0.15) is 5.82 Å². The number of carbonyl (C=O) groups excluding carboxylic acids is 1. The van der Waals surface area contributed by atoms with Crippen molar-refractivity contribution in [1.29, 1.82) is 0 Å². The van der Waals surface area contributed by atoms with Crippen LogP contribution in [0.3, 0.4) is 0 Å². The molecule has 4 nitrogen and oxygen atoms in total. The van der Waals surface area contributed by atoms with Crippen LogP contribution >= 0.6 is 0 Å². The molecule has 1 aromatic carbocycles. The highest BCUT2D eigenvalue weighted by molar-refractivity contribution is 5.76. The van der Waals surface area contributed by atoms with Crippen LogP contribution in [-0.4, -0.2) is 31.2 Å². The standard InChI is InChI=1S/C20H27FN2O2/c1-14-12-23(13-15(2)25-14)19-8-7-17(9-18(19)21)11-22-20(24)10-16-5-3-4-6-16/h3,5,7-9,14-16H,4,6,10-13H2,1-2H3,(H,22,24)/t14-,15+,16-/m0/s1. The molecule has 3 rings (SSSR count). The Morgan fingerprint density at radius 1 is 1.32 bits per heavy atom. The average Bonchev–Trinajstić information content (AvgIpc) is 3.05. The highest BCUT2D eigenvalue weighted by atomic mass is 19.1. The number of anilines is 1. The first-order chi connectivity index (χ1) is 12.0. The lowest BCUT2D eigenvalue weighted by Crippen LogP contribution is -2.45. The van der Waals surface area contributed by atoms with Crippen molar-refractivity contribution >= 4 is 11.6 Å². The van der Waals surface area contributed by atoms with E-state index in [4.69, 9.17) is 4.74 Å². The number of nitrogens with one attached hydrogen (secondary N) is 1. The Kier molecular flexibility index (Phi) is 5.74. The van der Waals surface area contributed by atoms with Crippen LogP contribution in [0.15, 0.2) is 30.4 Å². The summed E-state index contributed by atoms with van der Waals surface area (Å²) in [7, 11) is 0. The van der Waals surface area contributed by atoms with Gasteiger partial charge >= 0.3 is 0 Å². The number of allylic oxidation sites excluding steroid dienone is 2. The average molecular weight is 346 g/mol. The predicted molar refractivity (Wildman–Crippen MR) is 96.9 cm³/mol. The van der Waals surface area contributed by atoms with E-state index in [9.17, 15) is 9.18 Å². The highest BCUT2D eigenvalue weighted by Gasteiger charge is 2.24. The summed E-state index contributed by atoms with van der Waals surface area (Å²) in [5.41, 5.74) is 1.39. The molecule has 0 spiro atoms. The number of carbonyl (C=O) groups is 1. The lowest BCUT2D eigenvalue weighted by Gasteiger charge is -2.37. The van der Waals surface area contributed by atoms with Gasteiger partial charge in [0.15, 0.2) is 0 Å². The number of halogens is 1. The fourth-order valence-electron chi connectivity index (χ4n) is 3.67. The van der Waals surface area contributed by atoms with E-state index in [-0.39, 0.29) is 23.9 Å². The van der Waals surface area contributed by atoms with Gasteiger partial charge in [-0.1, -0.05) is 18.2 Å². The molecule has 1 saturated heterocycles. The Labute approximate surface area is 149 Å². The van der Waals surface area contributed by atoms with Crippen molar-refractivity contribution in [2.45, 2.75) is 51.9 Å². The van der Waals surface area contributed by atoms with Crippen LogP contribution in [0.4, 0.5) is 10.1 Å². The zero-order valence-electron chi connectivity index (χ0n) is 15.0. The van der Waals surface area contributed by atoms with Gasteiger partial charge in [-0.3, -0.25) is 4.79 Å². The van der Waals surface area contributed by atoms with Crippen LogP contribution in [0.2, 0.25) is 0 Å². The first-order valence-electron chi connectivity index (χ1n) is 9.13. The monoisotopic (exact) mass is 346 g/mol. The van der Waals surface area contributed by atoms with Gasteiger partial charge in [-0.25, -0.2) is 4.39 Å². The summed E-state index contributed by atoms with van der Waals surface area (Å²) >= 11 is 0. The molecule has 1 aliphatic carbocycles. The maximum atomic E-state index is 14.5. The highest BCUT2D eigenvalue weighted by Crippen LogP contribution is 2.25. The number of nitrogens with zero attached hydrogens (tertiary/aromatic N) is 1. The summed E-state index contributed by atoms with van der Waals surface area (Å²) in [6, 6.07) is 5.22. The molecular formula is C20H27FN2O2. The molecule has 136 valence electrons. The van der Waals surface area contributed by atoms with E-state index in [1.54, 1.807) is 6.07 Å².